The van der Waals surface area contributed by atoms with Crippen molar-refractivity contribution in [2.45, 2.75) is 38.3 Å². The molecule has 0 amide bonds. The summed E-state index contributed by atoms with van der Waals surface area (Å²) in [4.78, 5) is 11.6. The van der Waals surface area contributed by atoms with Gasteiger partial charge in [0.15, 0.2) is 0 Å². The number of aryl methyl sites for hydroxylation is 1. The van der Waals surface area contributed by atoms with E-state index in [4.69, 9.17) is 24.3 Å². The van der Waals surface area contributed by atoms with Gasteiger partial charge in [0.1, 0.15) is 23.1 Å². The standard InChI is InChI=1S/C20H31N7O3/c28-9-1-2-17-12-16(26-30-17)14-22-20-24-18(23-15-3-5-21-6-4-15)13-19(25-20)27-7-10-29-11-8-27/h12-13,15,21,28H,1-11,14H2,(H2,22,23,24,25). The van der Waals surface area contributed by atoms with Crippen molar-refractivity contribution >= 4 is 17.6 Å². The van der Waals surface area contributed by atoms with Crippen LogP contribution in [-0.4, -0.2) is 72.3 Å². The number of aliphatic hydroxyl groups is 1. The highest BCUT2D eigenvalue weighted by Crippen LogP contribution is 2.21. The van der Waals surface area contributed by atoms with E-state index in [0.29, 0.717) is 44.6 Å². The summed E-state index contributed by atoms with van der Waals surface area (Å²) in [5.74, 6) is 3.08. The topological polar surface area (TPSA) is 121 Å². The first-order valence-corrected chi connectivity index (χ1v) is 10.8. The SMILES string of the molecule is OCCCc1cc(CNc2nc(NC3CCNCC3)cc(N3CCOCC3)n2)no1. The van der Waals surface area contributed by atoms with Crippen molar-refractivity contribution in [3.05, 3.63) is 23.6 Å². The van der Waals surface area contributed by atoms with Crippen LogP contribution in [0.1, 0.15) is 30.7 Å². The molecule has 0 spiro atoms. The molecule has 10 nitrogen and oxygen atoms in total. The lowest BCUT2D eigenvalue weighted by Gasteiger charge is -2.29. The van der Waals surface area contributed by atoms with E-state index < -0.39 is 0 Å². The molecule has 164 valence electrons. The highest BCUT2D eigenvalue weighted by Gasteiger charge is 2.18. The molecule has 2 aliphatic rings. The second kappa shape index (κ2) is 10.6. The van der Waals surface area contributed by atoms with Gasteiger partial charge in [-0.05, 0) is 32.4 Å². The summed E-state index contributed by atoms with van der Waals surface area (Å²) < 4.78 is 10.8. The quantitative estimate of drug-likeness (QED) is 0.470. The highest BCUT2D eigenvalue weighted by molar-refractivity contribution is 5.54. The number of rotatable bonds is 9. The van der Waals surface area contributed by atoms with E-state index in [-0.39, 0.29) is 6.61 Å². The number of hydrogen-bond donors (Lipinski definition) is 4. The number of piperidine rings is 1. The molecule has 0 aromatic carbocycles. The molecule has 2 aromatic rings. The second-order valence-electron chi connectivity index (χ2n) is 7.67. The van der Waals surface area contributed by atoms with Gasteiger partial charge in [0.05, 0.1) is 19.8 Å². The molecule has 0 aliphatic carbocycles. The Labute approximate surface area is 176 Å². The molecular weight excluding hydrogens is 386 g/mol. The zero-order valence-corrected chi connectivity index (χ0v) is 17.3. The minimum Gasteiger partial charge on any atom is -0.396 e. The molecule has 0 saturated carbocycles. The Morgan fingerprint density at radius 2 is 2.00 bits per heavy atom. The van der Waals surface area contributed by atoms with Crippen LogP contribution in [0.5, 0.6) is 0 Å². The Hall–Kier alpha value is -2.43. The van der Waals surface area contributed by atoms with E-state index in [9.17, 15) is 0 Å². The molecule has 4 heterocycles. The summed E-state index contributed by atoms with van der Waals surface area (Å²) in [6.07, 6.45) is 3.50. The molecule has 0 bridgehead atoms. The second-order valence-corrected chi connectivity index (χ2v) is 7.67. The van der Waals surface area contributed by atoms with E-state index >= 15 is 0 Å². The van der Waals surface area contributed by atoms with Crippen LogP contribution in [0, 0.1) is 0 Å². The summed E-state index contributed by atoms with van der Waals surface area (Å²) in [7, 11) is 0. The lowest BCUT2D eigenvalue weighted by atomic mass is 10.1. The van der Waals surface area contributed by atoms with Gasteiger partial charge in [-0.15, -0.1) is 0 Å². The number of aliphatic hydroxyl groups excluding tert-OH is 1. The summed E-state index contributed by atoms with van der Waals surface area (Å²) in [6.45, 7) is 5.72. The number of aromatic nitrogens is 3. The van der Waals surface area contributed by atoms with E-state index in [2.05, 4.69) is 26.0 Å². The summed E-state index contributed by atoms with van der Waals surface area (Å²) in [5, 5.41) is 23.3. The Bertz CT molecular complexity index is 788. The maximum atomic E-state index is 8.95. The van der Waals surface area contributed by atoms with Crippen molar-refractivity contribution < 1.29 is 14.4 Å². The molecule has 4 rings (SSSR count). The third-order valence-electron chi connectivity index (χ3n) is 5.36. The van der Waals surface area contributed by atoms with Crippen LogP contribution < -0.4 is 20.9 Å². The zero-order chi connectivity index (χ0) is 20.6. The molecule has 4 N–H and O–H groups in total. The molecule has 0 radical (unpaired) electrons. The van der Waals surface area contributed by atoms with Gasteiger partial charge in [0, 0.05) is 44.3 Å². The summed E-state index contributed by atoms with van der Waals surface area (Å²) in [5.41, 5.74) is 0.788. The van der Waals surface area contributed by atoms with Crippen LogP contribution in [-0.2, 0) is 17.7 Å². The molecule has 0 unspecified atom stereocenters. The van der Waals surface area contributed by atoms with Crippen molar-refractivity contribution in [2.24, 2.45) is 0 Å². The van der Waals surface area contributed by atoms with Gasteiger partial charge < -0.3 is 35.2 Å². The van der Waals surface area contributed by atoms with Crippen molar-refractivity contribution in [3.63, 3.8) is 0 Å². The minimum atomic E-state index is 0.142. The van der Waals surface area contributed by atoms with Crippen LogP contribution >= 0.6 is 0 Å². The van der Waals surface area contributed by atoms with Crippen molar-refractivity contribution in [1.82, 2.24) is 20.4 Å². The first-order chi connectivity index (χ1) is 14.8. The average molecular weight is 418 g/mol. The maximum absolute atomic E-state index is 8.95. The monoisotopic (exact) mass is 417 g/mol. The van der Waals surface area contributed by atoms with Crippen molar-refractivity contribution in [3.8, 4) is 0 Å². The van der Waals surface area contributed by atoms with E-state index in [1.807, 2.05) is 12.1 Å². The normalized spacial score (nSPS) is 17.8. The Balaban J connectivity index is 1.45. The van der Waals surface area contributed by atoms with Crippen LogP contribution in [0.25, 0.3) is 0 Å². The molecule has 30 heavy (non-hydrogen) atoms. The first kappa shape index (κ1) is 20.8. The fourth-order valence-electron chi connectivity index (χ4n) is 3.70. The van der Waals surface area contributed by atoms with Gasteiger partial charge >= 0.3 is 0 Å². The van der Waals surface area contributed by atoms with Crippen LogP contribution in [0.4, 0.5) is 17.6 Å². The van der Waals surface area contributed by atoms with Gasteiger partial charge in [-0.1, -0.05) is 5.16 Å². The maximum Gasteiger partial charge on any atom is 0.226 e. The predicted octanol–water partition coefficient (Wildman–Crippen LogP) is 1.00. The lowest BCUT2D eigenvalue weighted by molar-refractivity contribution is 0.122. The van der Waals surface area contributed by atoms with Gasteiger partial charge in [-0.25, -0.2) is 0 Å². The highest BCUT2D eigenvalue weighted by atomic mass is 16.5. The fourth-order valence-corrected chi connectivity index (χ4v) is 3.70. The smallest absolute Gasteiger partial charge is 0.226 e. The van der Waals surface area contributed by atoms with Crippen LogP contribution in [0.2, 0.25) is 0 Å². The molecule has 10 heteroatoms. The zero-order valence-electron chi connectivity index (χ0n) is 17.3. The number of ether oxygens (including phenoxy) is 1. The van der Waals surface area contributed by atoms with Crippen LogP contribution in [0.15, 0.2) is 16.7 Å². The molecule has 2 aliphatic heterocycles. The van der Waals surface area contributed by atoms with Gasteiger partial charge in [-0.2, -0.15) is 9.97 Å². The predicted molar refractivity (Wildman–Crippen MR) is 114 cm³/mol. The minimum absolute atomic E-state index is 0.142. The molecule has 0 atom stereocenters. The number of nitrogens with one attached hydrogen (secondary N) is 3. The van der Waals surface area contributed by atoms with Gasteiger partial charge in [-0.3, -0.25) is 0 Å². The molecular formula is C20H31N7O3. The largest absolute Gasteiger partial charge is 0.396 e. The van der Waals surface area contributed by atoms with Crippen molar-refractivity contribution in [2.75, 3.05) is 61.5 Å². The first-order valence-electron chi connectivity index (χ1n) is 10.8. The number of anilines is 3. The number of hydrogen-bond acceptors (Lipinski definition) is 10. The molecule has 2 aromatic heterocycles. The average Bonchev–Trinajstić information content (AvgIpc) is 3.25. The van der Waals surface area contributed by atoms with E-state index in [1.165, 1.54) is 0 Å². The van der Waals surface area contributed by atoms with Crippen LogP contribution in [0.3, 0.4) is 0 Å². The molecule has 2 fully saturated rings. The van der Waals surface area contributed by atoms with Crippen molar-refractivity contribution in [1.29, 1.82) is 0 Å². The Morgan fingerprint density at radius 3 is 2.80 bits per heavy atom. The number of morpholine rings is 1. The lowest BCUT2D eigenvalue weighted by Crippen LogP contribution is -2.37. The van der Waals surface area contributed by atoms with E-state index in [1.54, 1.807) is 0 Å². The third-order valence-corrected chi connectivity index (χ3v) is 5.36. The fraction of sp³-hybridized carbons (Fsp3) is 0.650. The number of nitrogens with zero attached hydrogens (tertiary/aromatic N) is 4. The Morgan fingerprint density at radius 1 is 1.17 bits per heavy atom. The summed E-state index contributed by atoms with van der Waals surface area (Å²) >= 11 is 0. The Kier molecular flexibility index (Phi) is 7.33. The van der Waals surface area contributed by atoms with E-state index in [0.717, 1.165) is 62.1 Å². The third kappa shape index (κ3) is 5.80. The van der Waals surface area contributed by atoms with Gasteiger partial charge in [0.25, 0.3) is 0 Å². The van der Waals surface area contributed by atoms with Gasteiger partial charge in [0.2, 0.25) is 5.95 Å². The molecule has 2 saturated heterocycles. The summed E-state index contributed by atoms with van der Waals surface area (Å²) in [6, 6.07) is 4.35.